The number of piperazine rings is 1. The van der Waals surface area contributed by atoms with E-state index in [1.807, 2.05) is 46.7 Å². The summed E-state index contributed by atoms with van der Waals surface area (Å²) in [7, 11) is 0. The van der Waals surface area contributed by atoms with Gasteiger partial charge in [0.25, 0.3) is 0 Å². The van der Waals surface area contributed by atoms with Crippen LogP contribution in [-0.4, -0.2) is 36.5 Å². The normalized spacial score (nSPS) is 18.3. The second-order valence-corrected chi connectivity index (χ2v) is 7.50. The summed E-state index contributed by atoms with van der Waals surface area (Å²) >= 11 is 7.83. The van der Waals surface area contributed by atoms with Crippen molar-refractivity contribution in [3.05, 3.63) is 57.2 Å². The van der Waals surface area contributed by atoms with Crippen molar-refractivity contribution >= 4 is 34.9 Å². The second kappa shape index (κ2) is 8.53. The van der Waals surface area contributed by atoms with Crippen molar-refractivity contribution in [2.24, 2.45) is 5.73 Å². The van der Waals surface area contributed by atoms with Gasteiger partial charge in [-0.15, -0.1) is 11.3 Å². The lowest BCUT2D eigenvalue weighted by Crippen LogP contribution is -2.49. The number of hydrogen-bond acceptors (Lipinski definition) is 4. The first kappa shape index (κ1) is 18.7. The van der Waals surface area contributed by atoms with Crippen LogP contribution >= 0.6 is 22.9 Å². The van der Waals surface area contributed by atoms with Crippen molar-refractivity contribution in [3.63, 3.8) is 0 Å². The number of thiophene rings is 1. The number of rotatable bonds is 5. The van der Waals surface area contributed by atoms with Crippen LogP contribution in [0.25, 0.3) is 0 Å². The maximum Gasteiger partial charge on any atom is 0.312 e. The maximum absolute atomic E-state index is 13.0. The molecule has 0 spiro atoms. The van der Waals surface area contributed by atoms with Gasteiger partial charge in [0.15, 0.2) is 0 Å². The molecular weight excluding hydrogens is 372 g/mol. The van der Waals surface area contributed by atoms with Crippen LogP contribution in [0.4, 0.5) is 4.79 Å². The summed E-state index contributed by atoms with van der Waals surface area (Å²) < 4.78 is 0. The van der Waals surface area contributed by atoms with E-state index in [1.54, 1.807) is 0 Å². The zero-order valence-electron chi connectivity index (χ0n) is 14.2. The fraction of sp³-hybridized carbons (Fsp3) is 0.333. The van der Waals surface area contributed by atoms with Crippen LogP contribution in [0, 0.1) is 0 Å². The molecule has 8 heteroatoms. The lowest BCUT2D eigenvalue weighted by atomic mass is 10.0. The van der Waals surface area contributed by atoms with E-state index >= 15 is 0 Å². The number of amides is 3. The van der Waals surface area contributed by atoms with Crippen LogP contribution in [0.3, 0.4) is 0 Å². The number of primary amides is 1. The SMILES string of the molecule is NC(=O)NC(CC(=O)N1CCNCC1c1ccccc1Cl)c1cccs1. The third-order valence-corrected chi connectivity index (χ3v) is 5.74. The van der Waals surface area contributed by atoms with E-state index in [2.05, 4.69) is 10.6 Å². The Bertz CT molecular complexity index is 768. The molecule has 2 heterocycles. The van der Waals surface area contributed by atoms with Crippen molar-refractivity contribution in [1.82, 2.24) is 15.5 Å². The van der Waals surface area contributed by atoms with Crippen LogP contribution in [0.15, 0.2) is 41.8 Å². The fourth-order valence-corrected chi connectivity index (χ4v) is 4.24. The Morgan fingerprint density at radius 1 is 1.35 bits per heavy atom. The topological polar surface area (TPSA) is 87.5 Å². The van der Waals surface area contributed by atoms with E-state index in [1.165, 1.54) is 11.3 Å². The fourth-order valence-electron chi connectivity index (χ4n) is 3.20. The minimum Gasteiger partial charge on any atom is -0.352 e. The van der Waals surface area contributed by atoms with E-state index in [-0.39, 0.29) is 18.4 Å². The molecule has 1 aromatic heterocycles. The van der Waals surface area contributed by atoms with Gasteiger partial charge in [0.1, 0.15) is 0 Å². The molecule has 1 saturated heterocycles. The predicted molar refractivity (Wildman–Crippen MR) is 103 cm³/mol. The molecule has 3 amide bonds. The molecule has 1 aliphatic rings. The van der Waals surface area contributed by atoms with Crippen molar-refractivity contribution < 1.29 is 9.59 Å². The summed E-state index contributed by atoms with van der Waals surface area (Å²) in [5, 5.41) is 8.55. The second-order valence-electron chi connectivity index (χ2n) is 6.11. The minimum absolute atomic E-state index is 0.0384. The molecule has 2 atom stereocenters. The van der Waals surface area contributed by atoms with Crippen LogP contribution in [0.2, 0.25) is 5.02 Å². The number of benzene rings is 1. The van der Waals surface area contributed by atoms with Crippen molar-refractivity contribution in [1.29, 1.82) is 0 Å². The third-order valence-electron chi connectivity index (χ3n) is 4.41. The Balaban J connectivity index is 1.79. The molecule has 0 radical (unpaired) electrons. The number of hydrogen-bond donors (Lipinski definition) is 3. The van der Waals surface area contributed by atoms with Gasteiger partial charge in [-0.05, 0) is 23.1 Å². The average molecular weight is 393 g/mol. The Hall–Kier alpha value is -2.09. The van der Waals surface area contributed by atoms with E-state index in [9.17, 15) is 9.59 Å². The predicted octanol–water partition coefficient (Wildman–Crippen LogP) is 2.67. The van der Waals surface area contributed by atoms with E-state index in [0.29, 0.717) is 18.1 Å². The number of halogens is 1. The zero-order valence-corrected chi connectivity index (χ0v) is 15.7. The van der Waals surface area contributed by atoms with Gasteiger partial charge in [-0.3, -0.25) is 4.79 Å². The largest absolute Gasteiger partial charge is 0.352 e. The van der Waals surface area contributed by atoms with Gasteiger partial charge < -0.3 is 21.3 Å². The van der Waals surface area contributed by atoms with Crippen molar-refractivity contribution in [3.8, 4) is 0 Å². The molecule has 0 aliphatic carbocycles. The summed E-state index contributed by atoms with van der Waals surface area (Å²) in [6.45, 7) is 1.95. The molecule has 2 aromatic rings. The highest BCUT2D eigenvalue weighted by Crippen LogP contribution is 2.30. The van der Waals surface area contributed by atoms with E-state index < -0.39 is 12.1 Å². The van der Waals surface area contributed by atoms with E-state index in [4.69, 9.17) is 17.3 Å². The number of nitrogens with zero attached hydrogens (tertiary/aromatic N) is 1. The van der Waals surface area contributed by atoms with Gasteiger partial charge in [0.2, 0.25) is 5.91 Å². The first-order chi connectivity index (χ1) is 12.6. The molecule has 6 nitrogen and oxygen atoms in total. The van der Waals surface area contributed by atoms with Gasteiger partial charge in [-0.2, -0.15) is 0 Å². The molecule has 1 aliphatic heterocycles. The van der Waals surface area contributed by atoms with Crippen LogP contribution in [0.5, 0.6) is 0 Å². The molecule has 1 aromatic carbocycles. The summed E-state index contributed by atoms with van der Waals surface area (Å²) in [4.78, 5) is 27.1. The summed E-state index contributed by atoms with van der Waals surface area (Å²) in [5.74, 6) is -0.0384. The Kier molecular flexibility index (Phi) is 6.13. The molecule has 26 heavy (non-hydrogen) atoms. The smallest absolute Gasteiger partial charge is 0.312 e. The van der Waals surface area contributed by atoms with Crippen molar-refractivity contribution in [2.45, 2.75) is 18.5 Å². The quantitative estimate of drug-likeness (QED) is 0.731. The number of urea groups is 1. The Morgan fingerprint density at radius 2 is 2.15 bits per heavy atom. The molecule has 4 N–H and O–H groups in total. The Morgan fingerprint density at radius 3 is 2.85 bits per heavy atom. The van der Waals surface area contributed by atoms with Crippen LogP contribution in [0.1, 0.15) is 28.9 Å². The van der Waals surface area contributed by atoms with Crippen molar-refractivity contribution in [2.75, 3.05) is 19.6 Å². The van der Waals surface area contributed by atoms with Gasteiger partial charge in [-0.25, -0.2) is 4.79 Å². The van der Waals surface area contributed by atoms with Gasteiger partial charge in [0.05, 0.1) is 18.5 Å². The third kappa shape index (κ3) is 4.35. The summed E-state index contributed by atoms with van der Waals surface area (Å²) in [6, 6.07) is 10.1. The number of carbonyl (C=O) groups excluding carboxylic acids is 2. The lowest BCUT2D eigenvalue weighted by Gasteiger charge is -2.37. The van der Waals surface area contributed by atoms with Gasteiger partial charge >= 0.3 is 6.03 Å². The number of carbonyl (C=O) groups is 2. The molecule has 0 saturated carbocycles. The molecule has 138 valence electrons. The standard InChI is InChI=1S/C18H21ClN4O2S/c19-13-5-2-1-4-12(13)15-11-21-7-8-23(15)17(24)10-14(22-18(20)25)16-6-3-9-26-16/h1-6,9,14-15,21H,7-8,10-11H2,(H3,20,22,25). The van der Waals surface area contributed by atoms with Gasteiger partial charge in [0, 0.05) is 29.5 Å². The highest BCUT2D eigenvalue weighted by atomic mass is 35.5. The molecular formula is C18H21ClN4O2S. The number of nitrogens with one attached hydrogen (secondary N) is 2. The Labute approximate surface area is 161 Å². The summed E-state index contributed by atoms with van der Waals surface area (Å²) in [5.41, 5.74) is 6.22. The first-order valence-corrected chi connectivity index (χ1v) is 9.66. The highest BCUT2D eigenvalue weighted by molar-refractivity contribution is 7.10. The number of nitrogens with two attached hydrogens (primary N) is 1. The highest BCUT2D eigenvalue weighted by Gasteiger charge is 2.31. The summed E-state index contributed by atoms with van der Waals surface area (Å²) in [6.07, 6.45) is 0.157. The minimum atomic E-state index is -0.640. The molecule has 0 bridgehead atoms. The molecule has 1 fully saturated rings. The average Bonchev–Trinajstić information content (AvgIpc) is 3.16. The lowest BCUT2D eigenvalue weighted by molar-refractivity contribution is -0.135. The van der Waals surface area contributed by atoms with E-state index in [0.717, 1.165) is 17.0 Å². The molecule has 3 rings (SSSR count). The van der Waals surface area contributed by atoms with Crippen LogP contribution in [-0.2, 0) is 4.79 Å². The monoisotopic (exact) mass is 392 g/mol. The maximum atomic E-state index is 13.0. The zero-order chi connectivity index (χ0) is 18.5. The first-order valence-electron chi connectivity index (χ1n) is 8.40. The molecule has 2 unspecified atom stereocenters. The van der Waals surface area contributed by atoms with Crippen LogP contribution < -0.4 is 16.4 Å². The van der Waals surface area contributed by atoms with Gasteiger partial charge in [-0.1, -0.05) is 35.9 Å².